The second-order valence-corrected chi connectivity index (χ2v) is 10.4. The van der Waals surface area contributed by atoms with Crippen LogP contribution in [0.2, 0.25) is 0 Å². The number of rotatable bonds is 11. The quantitative estimate of drug-likeness (QED) is 0.284. The molecule has 0 aliphatic heterocycles. The molecule has 6 atom stereocenters. The van der Waals surface area contributed by atoms with E-state index in [1.807, 2.05) is 6.08 Å². The van der Waals surface area contributed by atoms with Crippen molar-refractivity contribution in [1.82, 2.24) is 0 Å². The van der Waals surface area contributed by atoms with Crippen LogP contribution in [0, 0.1) is 17.3 Å². The number of ether oxygens (including phenoxy) is 5. The van der Waals surface area contributed by atoms with Crippen LogP contribution in [-0.4, -0.2) is 47.6 Å². The van der Waals surface area contributed by atoms with Crippen molar-refractivity contribution in [2.45, 2.75) is 63.4 Å². The SMILES string of the molecule is COCC=CC=CC[C@@H]1C[C@@H]2[C@H](CC[C@]3(C)[C@@H](OCOC)CC[C@@H]23)c2ccc(OCOC)cc21. The molecule has 188 valence electrons. The first-order chi connectivity index (χ1) is 16.6. The van der Waals surface area contributed by atoms with E-state index >= 15 is 0 Å². The lowest BCUT2D eigenvalue weighted by Gasteiger charge is -2.52. The van der Waals surface area contributed by atoms with E-state index in [2.05, 4.69) is 43.4 Å². The van der Waals surface area contributed by atoms with Crippen LogP contribution in [0.5, 0.6) is 5.75 Å². The van der Waals surface area contributed by atoms with Gasteiger partial charge in [0.15, 0.2) is 6.79 Å². The maximum absolute atomic E-state index is 6.19. The van der Waals surface area contributed by atoms with Crippen LogP contribution in [0.1, 0.15) is 68.4 Å². The Bertz CT molecular complexity index is 849. The zero-order valence-electron chi connectivity index (χ0n) is 21.3. The van der Waals surface area contributed by atoms with Crippen LogP contribution in [0.3, 0.4) is 0 Å². The van der Waals surface area contributed by atoms with Crippen molar-refractivity contribution in [3.63, 3.8) is 0 Å². The average Bonchev–Trinajstić information content (AvgIpc) is 3.19. The van der Waals surface area contributed by atoms with Crippen molar-refractivity contribution in [3.8, 4) is 5.75 Å². The summed E-state index contributed by atoms with van der Waals surface area (Å²) in [5.41, 5.74) is 3.26. The molecule has 34 heavy (non-hydrogen) atoms. The van der Waals surface area contributed by atoms with Crippen LogP contribution < -0.4 is 4.74 Å². The molecule has 0 N–H and O–H groups in total. The molecule has 0 saturated heterocycles. The summed E-state index contributed by atoms with van der Waals surface area (Å²) in [6.07, 6.45) is 16.1. The Hall–Kier alpha value is -1.66. The molecular formula is C29H42O5. The molecule has 0 bridgehead atoms. The van der Waals surface area contributed by atoms with E-state index in [9.17, 15) is 0 Å². The number of hydrogen-bond acceptors (Lipinski definition) is 5. The standard InChI is InChI=1S/C29H42O5/c1-29-15-14-24-23-11-10-22(33-19-31-3)18-25(23)21(9-7-5-6-8-16-30-2)17-26(24)27(29)12-13-28(29)34-20-32-4/h5-8,10-11,18,21,24,26-28H,9,12-17,19-20H2,1-4H3/t21-,24-,26-,27+,28+,29+/m1/s1. The summed E-state index contributed by atoms with van der Waals surface area (Å²) in [7, 11) is 5.10. The second kappa shape index (κ2) is 11.9. The van der Waals surface area contributed by atoms with Crippen LogP contribution in [0.4, 0.5) is 0 Å². The van der Waals surface area contributed by atoms with Crippen LogP contribution in [-0.2, 0) is 18.9 Å². The summed E-state index contributed by atoms with van der Waals surface area (Å²) in [6.45, 7) is 3.81. The van der Waals surface area contributed by atoms with Gasteiger partial charge in [0.25, 0.3) is 0 Å². The molecule has 0 heterocycles. The third kappa shape index (κ3) is 5.28. The highest BCUT2D eigenvalue weighted by atomic mass is 16.7. The highest BCUT2D eigenvalue weighted by Gasteiger charge is 2.56. The van der Waals surface area contributed by atoms with Crippen molar-refractivity contribution in [2.75, 3.05) is 41.5 Å². The lowest BCUT2D eigenvalue weighted by atomic mass is 9.53. The van der Waals surface area contributed by atoms with Crippen molar-refractivity contribution in [3.05, 3.63) is 53.6 Å². The van der Waals surface area contributed by atoms with Gasteiger partial charge in [0, 0.05) is 21.3 Å². The minimum absolute atomic E-state index is 0.252. The summed E-state index contributed by atoms with van der Waals surface area (Å²) in [4.78, 5) is 0. The molecule has 0 spiro atoms. The molecule has 5 heteroatoms. The largest absolute Gasteiger partial charge is 0.468 e. The van der Waals surface area contributed by atoms with Gasteiger partial charge < -0.3 is 23.7 Å². The van der Waals surface area contributed by atoms with Gasteiger partial charge in [-0.2, -0.15) is 0 Å². The first kappa shape index (κ1) is 25.4. The van der Waals surface area contributed by atoms with Gasteiger partial charge in [0.2, 0.25) is 0 Å². The summed E-state index contributed by atoms with van der Waals surface area (Å²) < 4.78 is 27.5. The summed E-state index contributed by atoms with van der Waals surface area (Å²) in [5, 5.41) is 0. The minimum Gasteiger partial charge on any atom is -0.468 e. The lowest BCUT2D eigenvalue weighted by Crippen LogP contribution is -2.45. The summed E-state index contributed by atoms with van der Waals surface area (Å²) in [5.74, 6) is 3.44. The van der Waals surface area contributed by atoms with Crippen molar-refractivity contribution in [2.24, 2.45) is 17.3 Å². The van der Waals surface area contributed by atoms with E-state index in [-0.39, 0.29) is 12.2 Å². The van der Waals surface area contributed by atoms with Gasteiger partial charge in [0.1, 0.15) is 12.5 Å². The number of fused-ring (bicyclic) bond motifs is 5. The third-order valence-corrected chi connectivity index (χ3v) is 8.60. The molecule has 1 aromatic rings. The van der Waals surface area contributed by atoms with Gasteiger partial charge in [-0.25, -0.2) is 0 Å². The Balaban J connectivity index is 1.58. The fourth-order valence-corrected chi connectivity index (χ4v) is 7.07. The molecule has 1 aromatic carbocycles. The average molecular weight is 471 g/mol. The van der Waals surface area contributed by atoms with Crippen LogP contribution in [0.15, 0.2) is 42.5 Å². The number of methoxy groups -OCH3 is 3. The maximum atomic E-state index is 6.19. The summed E-state index contributed by atoms with van der Waals surface area (Å²) >= 11 is 0. The van der Waals surface area contributed by atoms with E-state index in [0.717, 1.165) is 18.6 Å². The van der Waals surface area contributed by atoms with Crippen molar-refractivity contribution >= 4 is 0 Å². The first-order valence-corrected chi connectivity index (χ1v) is 12.8. The molecule has 0 radical (unpaired) electrons. The molecular weight excluding hydrogens is 428 g/mol. The maximum Gasteiger partial charge on any atom is 0.188 e. The van der Waals surface area contributed by atoms with Crippen LogP contribution >= 0.6 is 0 Å². The fourth-order valence-electron chi connectivity index (χ4n) is 7.07. The molecule has 5 nitrogen and oxygen atoms in total. The Labute approximate surface area is 205 Å². The normalized spacial score (nSPS) is 32.6. The Morgan fingerprint density at radius 3 is 2.56 bits per heavy atom. The van der Waals surface area contributed by atoms with Gasteiger partial charge >= 0.3 is 0 Å². The summed E-state index contributed by atoms with van der Waals surface area (Å²) in [6, 6.07) is 6.74. The van der Waals surface area contributed by atoms with E-state index in [1.165, 1.54) is 36.8 Å². The van der Waals surface area contributed by atoms with Gasteiger partial charge in [-0.05, 0) is 90.9 Å². The van der Waals surface area contributed by atoms with E-state index in [4.69, 9.17) is 23.7 Å². The third-order valence-electron chi connectivity index (χ3n) is 8.60. The highest BCUT2D eigenvalue weighted by Crippen LogP contribution is 2.63. The van der Waals surface area contributed by atoms with Gasteiger partial charge in [0.05, 0.1) is 12.7 Å². The predicted octanol–water partition coefficient (Wildman–Crippen LogP) is 6.20. The number of benzene rings is 1. The molecule has 3 aliphatic carbocycles. The first-order valence-electron chi connectivity index (χ1n) is 12.8. The zero-order chi connectivity index (χ0) is 24.0. The molecule has 0 unspecified atom stereocenters. The Kier molecular flexibility index (Phi) is 8.86. The topological polar surface area (TPSA) is 46.2 Å². The van der Waals surface area contributed by atoms with Gasteiger partial charge in [-0.1, -0.05) is 37.3 Å². The van der Waals surface area contributed by atoms with E-state index < -0.39 is 0 Å². The minimum atomic E-state index is 0.252. The van der Waals surface area contributed by atoms with Crippen molar-refractivity contribution < 1.29 is 23.7 Å². The Morgan fingerprint density at radius 1 is 0.941 bits per heavy atom. The highest BCUT2D eigenvalue weighted by molar-refractivity contribution is 5.43. The van der Waals surface area contributed by atoms with Gasteiger partial charge in [-0.3, -0.25) is 0 Å². The molecule has 0 amide bonds. The monoisotopic (exact) mass is 470 g/mol. The van der Waals surface area contributed by atoms with E-state index in [0.29, 0.717) is 43.2 Å². The van der Waals surface area contributed by atoms with Crippen molar-refractivity contribution in [1.29, 1.82) is 0 Å². The fraction of sp³-hybridized carbons (Fsp3) is 0.655. The lowest BCUT2D eigenvalue weighted by molar-refractivity contribution is -0.125. The number of hydrogen-bond donors (Lipinski definition) is 0. The van der Waals surface area contributed by atoms with E-state index in [1.54, 1.807) is 21.3 Å². The predicted molar refractivity (Wildman–Crippen MR) is 134 cm³/mol. The van der Waals surface area contributed by atoms with Crippen LogP contribution in [0.25, 0.3) is 0 Å². The second-order valence-electron chi connectivity index (χ2n) is 10.4. The zero-order valence-corrected chi connectivity index (χ0v) is 21.3. The molecule has 2 saturated carbocycles. The molecule has 0 aromatic heterocycles. The Morgan fingerprint density at radius 2 is 1.76 bits per heavy atom. The molecule has 2 fully saturated rings. The number of allylic oxidation sites excluding steroid dienone is 3. The smallest absolute Gasteiger partial charge is 0.188 e. The van der Waals surface area contributed by atoms with Gasteiger partial charge in [-0.15, -0.1) is 0 Å². The molecule has 3 aliphatic rings. The molecule has 4 rings (SSSR count).